The molecule has 0 saturated carbocycles. The molecule has 0 aliphatic heterocycles. The first-order valence-electron chi connectivity index (χ1n) is 4.95. The molecule has 16 heavy (non-hydrogen) atoms. The van der Waals surface area contributed by atoms with E-state index in [0.29, 0.717) is 0 Å². The number of allylic oxidation sites excluding steroid dienone is 2. The van der Waals surface area contributed by atoms with Gasteiger partial charge in [-0.3, -0.25) is 0 Å². The summed E-state index contributed by atoms with van der Waals surface area (Å²) in [6.45, 7) is 4.09. The molecule has 1 aliphatic rings. The summed E-state index contributed by atoms with van der Waals surface area (Å²) in [5.74, 6) is 0. The van der Waals surface area contributed by atoms with Gasteiger partial charge in [-0.2, -0.15) is 0 Å². The minimum atomic E-state index is 0.972. The van der Waals surface area contributed by atoms with E-state index in [9.17, 15) is 0 Å². The molecule has 1 aliphatic carbocycles. The highest BCUT2D eigenvalue weighted by Gasteiger charge is 2.19. The molecule has 1 aromatic heterocycles. The molecular weight excluding hydrogens is 264 g/mol. The monoisotopic (exact) mass is 272 g/mol. The standard InChI is InChI=1S/C13H9BrN2/c1-8(13-6-15-7-16-13)12-5-9-4-10(14)2-3-11(9)12/h2-7H,1H2,(H,15,16). The Hall–Kier alpha value is -1.61. The maximum absolute atomic E-state index is 4.09. The van der Waals surface area contributed by atoms with Crippen molar-refractivity contribution < 1.29 is 0 Å². The Morgan fingerprint density at radius 2 is 2.25 bits per heavy atom. The van der Waals surface area contributed by atoms with Gasteiger partial charge in [0.05, 0.1) is 18.2 Å². The molecule has 78 valence electrons. The molecule has 0 unspecified atom stereocenters. The summed E-state index contributed by atoms with van der Waals surface area (Å²) in [7, 11) is 0. The van der Waals surface area contributed by atoms with Crippen LogP contribution >= 0.6 is 15.9 Å². The van der Waals surface area contributed by atoms with Crippen LogP contribution in [0.5, 0.6) is 0 Å². The molecule has 0 bridgehead atoms. The van der Waals surface area contributed by atoms with Gasteiger partial charge in [-0.15, -0.1) is 0 Å². The summed E-state index contributed by atoms with van der Waals surface area (Å²) >= 11 is 3.46. The fourth-order valence-electron chi connectivity index (χ4n) is 1.87. The van der Waals surface area contributed by atoms with Crippen LogP contribution in [0.3, 0.4) is 0 Å². The highest BCUT2D eigenvalue weighted by Crippen LogP contribution is 2.41. The SMILES string of the molecule is C=C(C1=Cc2cc(Br)ccc21)c1cnc[nH]1. The van der Waals surface area contributed by atoms with Crippen molar-refractivity contribution in [1.82, 2.24) is 9.97 Å². The lowest BCUT2D eigenvalue weighted by molar-refractivity contribution is 1.30. The van der Waals surface area contributed by atoms with Crippen molar-refractivity contribution >= 4 is 33.2 Å². The molecule has 0 atom stereocenters. The Morgan fingerprint density at radius 3 is 2.94 bits per heavy atom. The highest BCUT2D eigenvalue weighted by molar-refractivity contribution is 9.10. The smallest absolute Gasteiger partial charge is 0.0924 e. The second-order valence-electron chi connectivity index (χ2n) is 3.73. The number of hydrogen-bond acceptors (Lipinski definition) is 1. The zero-order valence-corrected chi connectivity index (χ0v) is 10.1. The molecule has 0 amide bonds. The number of nitrogens with zero attached hydrogens (tertiary/aromatic N) is 1. The number of halogens is 1. The molecule has 3 rings (SSSR count). The van der Waals surface area contributed by atoms with Crippen molar-refractivity contribution in [3.05, 3.63) is 58.6 Å². The predicted octanol–water partition coefficient (Wildman–Crippen LogP) is 3.74. The third kappa shape index (κ3) is 1.36. The quantitative estimate of drug-likeness (QED) is 0.887. The van der Waals surface area contributed by atoms with Crippen molar-refractivity contribution in [1.29, 1.82) is 0 Å². The summed E-state index contributed by atoms with van der Waals surface area (Å²) < 4.78 is 1.11. The van der Waals surface area contributed by atoms with Crippen LogP contribution in [0.25, 0.3) is 17.2 Å². The number of nitrogens with one attached hydrogen (secondary N) is 1. The summed E-state index contributed by atoms with van der Waals surface area (Å²) in [6, 6.07) is 6.27. The van der Waals surface area contributed by atoms with Gasteiger partial charge in [-0.1, -0.05) is 28.6 Å². The number of H-pyrrole nitrogens is 1. The normalized spacial score (nSPS) is 12.7. The minimum Gasteiger partial charge on any atom is -0.345 e. The van der Waals surface area contributed by atoms with Crippen LogP contribution in [-0.4, -0.2) is 9.97 Å². The van der Waals surface area contributed by atoms with E-state index >= 15 is 0 Å². The summed E-state index contributed by atoms with van der Waals surface area (Å²) in [5.41, 5.74) is 5.66. The first kappa shape index (κ1) is 9.60. The van der Waals surface area contributed by atoms with E-state index in [0.717, 1.165) is 15.7 Å². The van der Waals surface area contributed by atoms with Gasteiger partial charge in [-0.05, 0) is 34.9 Å². The van der Waals surface area contributed by atoms with Crippen LogP contribution < -0.4 is 0 Å². The van der Waals surface area contributed by atoms with E-state index < -0.39 is 0 Å². The summed E-state index contributed by atoms with van der Waals surface area (Å²) in [6.07, 6.45) is 5.60. The van der Waals surface area contributed by atoms with Gasteiger partial charge in [0.25, 0.3) is 0 Å². The molecular formula is C13H9BrN2. The van der Waals surface area contributed by atoms with Gasteiger partial charge >= 0.3 is 0 Å². The number of hydrogen-bond donors (Lipinski definition) is 1. The van der Waals surface area contributed by atoms with Gasteiger partial charge in [0.2, 0.25) is 0 Å². The van der Waals surface area contributed by atoms with Gasteiger partial charge in [-0.25, -0.2) is 4.98 Å². The molecule has 0 fully saturated rings. The molecule has 0 radical (unpaired) electrons. The molecule has 0 saturated heterocycles. The number of imidazole rings is 1. The lowest BCUT2D eigenvalue weighted by atomic mass is 9.84. The number of aromatic amines is 1. The number of fused-ring (bicyclic) bond motifs is 1. The Bertz CT molecular complexity index is 594. The maximum atomic E-state index is 4.09. The topological polar surface area (TPSA) is 28.7 Å². The molecule has 1 aromatic carbocycles. The lowest BCUT2D eigenvalue weighted by Gasteiger charge is -2.21. The van der Waals surface area contributed by atoms with Gasteiger partial charge in [0, 0.05) is 10.0 Å². The Balaban J connectivity index is 1.96. The van der Waals surface area contributed by atoms with Crippen molar-refractivity contribution in [3.8, 4) is 0 Å². The van der Waals surface area contributed by atoms with Crippen LogP contribution in [0, 0.1) is 0 Å². The van der Waals surface area contributed by atoms with Crippen molar-refractivity contribution in [2.75, 3.05) is 0 Å². The Kier molecular flexibility index (Phi) is 2.07. The van der Waals surface area contributed by atoms with E-state index in [2.05, 4.69) is 50.7 Å². The fraction of sp³-hybridized carbons (Fsp3) is 0. The molecule has 2 aromatic rings. The van der Waals surface area contributed by atoms with Crippen LogP contribution in [0.4, 0.5) is 0 Å². The molecule has 0 spiro atoms. The van der Waals surface area contributed by atoms with E-state index in [1.165, 1.54) is 16.7 Å². The average Bonchev–Trinajstić information content (AvgIpc) is 2.75. The van der Waals surface area contributed by atoms with Gasteiger partial charge < -0.3 is 4.98 Å². The van der Waals surface area contributed by atoms with Crippen molar-refractivity contribution in [2.45, 2.75) is 0 Å². The molecule has 1 heterocycles. The van der Waals surface area contributed by atoms with E-state index in [1.54, 1.807) is 12.5 Å². The Labute approximate surface area is 102 Å². The number of benzene rings is 1. The second-order valence-corrected chi connectivity index (χ2v) is 4.65. The maximum Gasteiger partial charge on any atom is 0.0924 e. The molecule has 3 heteroatoms. The summed E-state index contributed by atoms with van der Waals surface area (Å²) in [5, 5.41) is 0. The predicted molar refractivity (Wildman–Crippen MR) is 69.6 cm³/mol. The van der Waals surface area contributed by atoms with Crippen LogP contribution in [0.15, 0.2) is 41.8 Å². The first-order valence-corrected chi connectivity index (χ1v) is 5.74. The average molecular weight is 273 g/mol. The lowest BCUT2D eigenvalue weighted by Crippen LogP contribution is -2.00. The highest BCUT2D eigenvalue weighted by atomic mass is 79.9. The first-order chi connectivity index (χ1) is 7.75. The van der Waals surface area contributed by atoms with E-state index in [4.69, 9.17) is 0 Å². The van der Waals surface area contributed by atoms with Crippen LogP contribution in [0.2, 0.25) is 0 Å². The molecule has 2 nitrogen and oxygen atoms in total. The second kappa shape index (κ2) is 3.46. The van der Waals surface area contributed by atoms with Gasteiger partial charge in [0.1, 0.15) is 0 Å². The fourth-order valence-corrected chi connectivity index (χ4v) is 2.25. The molecule has 1 N–H and O–H groups in total. The largest absolute Gasteiger partial charge is 0.345 e. The summed E-state index contributed by atoms with van der Waals surface area (Å²) in [4.78, 5) is 7.07. The van der Waals surface area contributed by atoms with E-state index in [-0.39, 0.29) is 0 Å². The third-order valence-corrected chi connectivity index (χ3v) is 3.25. The van der Waals surface area contributed by atoms with Gasteiger partial charge in [0.15, 0.2) is 0 Å². The Morgan fingerprint density at radius 1 is 1.38 bits per heavy atom. The third-order valence-electron chi connectivity index (χ3n) is 2.75. The zero-order chi connectivity index (χ0) is 11.1. The minimum absolute atomic E-state index is 0.972. The zero-order valence-electron chi connectivity index (χ0n) is 8.50. The van der Waals surface area contributed by atoms with E-state index in [1.807, 2.05) is 6.07 Å². The van der Waals surface area contributed by atoms with Crippen molar-refractivity contribution in [2.24, 2.45) is 0 Å². The number of rotatable bonds is 2. The van der Waals surface area contributed by atoms with Crippen molar-refractivity contribution in [3.63, 3.8) is 0 Å². The van der Waals surface area contributed by atoms with Crippen LogP contribution in [-0.2, 0) is 0 Å². The number of aromatic nitrogens is 2. The van der Waals surface area contributed by atoms with Crippen LogP contribution in [0.1, 0.15) is 16.8 Å².